The average molecular weight is 219 g/mol. The van der Waals surface area contributed by atoms with Gasteiger partial charge in [-0.15, -0.1) is 0 Å². The highest BCUT2D eigenvalue weighted by atomic mass is 16.6. The van der Waals surface area contributed by atoms with E-state index < -0.39 is 15.9 Å². The van der Waals surface area contributed by atoms with Gasteiger partial charge in [-0.05, 0) is 0 Å². The third kappa shape index (κ3) is 1.26. The number of nitro groups is 1. The lowest BCUT2D eigenvalue weighted by Gasteiger charge is -2.10. The Morgan fingerprint density at radius 1 is 1.31 bits per heavy atom. The monoisotopic (exact) mass is 219 g/mol. The summed E-state index contributed by atoms with van der Waals surface area (Å²) >= 11 is 0. The maximum Gasteiger partial charge on any atom is 0.289 e. The van der Waals surface area contributed by atoms with Crippen LogP contribution in [0.15, 0.2) is 30.3 Å². The molecule has 1 atom stereocenters. The lowest BCUT2D eigenvalue weighted by Crippen LogP contribution is -2.36. The van der Waals surface area contributed by atoms with Gasteiger partial charge in [0.1, 0.15) is 0 Å². The van der Waals surface area contributed by atoms with E-state index in [4.69, 9.17) is 0 Å². The third-order valence-corrected chi connectivity index (χ3v) is 3.42. The van der Waals surface area contributed by atoms with Gasteiger partial charge in [0.25, 0.3) is 5.54 Å². The van der Waals surface area contributed by atoms with Crippen molar-refractivity contribution in [2.45, 2.75) is 25.8 Å². The van der Waals surface area contributed by atoms with Crippen LogP contribution < -0.4 is 0 Å². The molecule has 1 aromatic carbocycles. The van der Waals surface area contributed by atoms with E-state index in [1.807, 2.05) is 0 Å². The zero-order chi connectivity index (χ0) is 12.0. The summed E-state index contributed by atoms with van der Waals surface area (Å²) in [5, 5.41) is 11.1. The summed E-state index contributed by atoms with van der Waals surface area (Å²) in [6.07, 6.45) is 0.320. The normalized spacial score (nSPS) is 26.1. The van der Waals surface area contributed by atoms with Gasteiger partial charge in [0.2, 0.25) is 5.78 Å². The van der Waals surface area contributed by atoms with Crippen molar-refractivity contribution < 1.29 is 9.72 Å². The van der Waals surface area contributed by atoms with Crippen molar-refractivity contribution in [2.75, 3.05) is 0 Å². The van der Waals surface area contributed by atoms with Gasteiger partial charge in [-0.3, -0.25) is 14.9 Å². The SMILES string of the molecule is CC1(C)CC1(C(=O)c1ccccc1)[N+](=O)[O-]. The van der Waals surface area contributed by atoms with Crippen LogP contribution >= 0.6 is 0 Å². The van der Waals surface area contributed by atoms with E-state index in [-0.39, 0.29) is 5.78 Å². The lowest BCUT2D eigenvalue weighted by atomic mass is 9.95. The molecule has 2 rings (SSSR count). The summed E-state index contributed by atoms with van der Waals surface area (Å²) in [5.41, 5.74) is -1.53. The minimum atomic E-state index is -1.41. The Morgan fingerprint density at radius 3 is 2.19 bits per heavy atom. The van der Waals surface area contributed by atoms with E-state index in [0.717, 1.165) is 0 Å². The van der Waals surface area contributed by atoms with Crippen LogP contribution in [-0.2, 0) is 0 Å². The van der Waals surface area contributed by atoms with Gasteiger partial charge in [-0.2, -0.15) is 0 Å². The molecule has 0 saturated heterocycles. The van der Waals surface area contributed by atoms with Crippen LogP contribution in [0.2, 0.25) is 0 Å². The number of hydrogen-bond acceptors (Lipinski definition) is 3. The highest BCUT2D eigenvalue weighted by molar-refractivity contribution is 6.05. The molecule has 16 heavy (non-hydrogen) atoms. The smallest absolute Gasteiger partial charge is 0.286 e. The van der Waals surface area contributed by atoms with Gasteiger partial charge in [0, 0.05) is 16.9 Å². The van der Waals surface area contributed by atoms with Crippen molar-refractivity contribution in [3.05, 3.63) is 46.0 Å². The number of Topliss-reactive ketones (excluding diaryl/α,β-unsaturated/α-hetero) is 1. The third-order valence-electron chi connectivity index (χ3n) is 3.42. The fraction of sp³-hybridized carbons (Fsp3) is 0.417. The highest BCUT2D eigenvalue weighted by Gasteiger charge is 2.77. The molecule has 0 heterocycles. The lowest BCUT2D eigenvalue weighted by molar-refractivity contribution is -0.527. The molecule has 1 aliphatic carbocycles. The summed E-state index contributed by atoms with van der Waals surface area (Å²) < 4.78 is 0. The molecule has 1 saturated carbocycles. The Labute approximate surface area is 93.4 Å². The van der Waals surface area contributed by atoms with Crippen LogP contribution in [-0.4, -0.2) is 16.2 Å². The molecule has 0 aromatic heterocycles. The number of ketones is 1. The van der Waals surface area contributed by atoms with Crippen molar-refractivity contribution in [3.63, 3.8) is 0 Å². The van der Waals surface area contributed by atoms with Crippen LogP contribution in [0, 0.1) is 15.5 Å². The van der Waals surface area contributed by atoms with Crippen LogP contribution in [0.1, 0.15) is 30.6 Å². The Balaban J connectivity index is 2.40. The topological polar surface area (TPSA) is 60.2 Å². The van der Waals surface area contributed by atoms with E-state index in [1.165, 1.54) is 0 Å². The number of benzene rings is 1. The van der Waals surface area contributed by atoms with Crippen molar-refractivity contribution in [3.8, 4) is 0 Å². The molecule has 1 fully saturated rings. The molecule has 1 aliphatic rings. The molecule has 0 amide bonds. The molecular formula is C12H13NO3. The van der Waals surface area contributed by atoms with Crippen LogP contribution in [0.25, 0.3) is 0 Å². The molecule has 0 N–H and O–H groups in total. The first-order valence-corrected chi connectivity index (χ1v) is 5.16. The van der Waals surface area contributed by atoms with Crippen LogP contribution in [0.3, 0.4) is 0 Å². The Morgan fingerprint density at radius 2 is 1.81 bits per heavy atom. The molecule has 84 valence electrons. The second kappa shape index (κ2) is 3.14. The van der Waals surface area contributed by atoms with Gasteiger partial charge in [-0.1, -0.05) is 44.2 Å². The number of carbonyl (C=O) groups excluding carboxylic acids is 1. The van der Waals surface area contributed by atoms with Gasteiger partial charge in [0.05, 0.1) is 5.41 Å². The van der Waals surface area contributed by atoms with Crippen molar-refractivity contribution in [1.82, 2.24) is 0 Å². The molecule has 4 heteroatoms. The zero-order valence-electron chi connectivity index (χ0n) is 9.27. The molecule has 1 unspecified atom stereocenters. The number of hydrogen-bond donors (Lipinski definition) is 0. The second-order valence-corrected chi connectivity index (χ2v) is 4.87. The first-order chi connectivity index (χ1) is 7.42. The first-order valence-electron chi connectivity index (χ1n) is 5.16. The number of nitrogens with zero attached hydrogens (tertiary/aromatic N) is 1. The quantitative estimate of drug-likeness (QED) is 0.445. The van der Waals surface area contributed by atoms with E-state index >= 15 is 0 Å². The molecule has 1 aromatic rings. The molecule has 0 aliphatic heterocycles. The summed E-state index contributed by atoms with van der Waals surface area (Å²) in [4.78, 5) is 22.8. The minimum absolute atomic E-state index is 0.320. The second-order valence-electron chi connectivity index (χ2n) is 4.87. The minimum Gasteiger partial charge on any atom is -0.286 e. The van der Waals surface area contributed by atoms with Gasteiger partial charge in [-0.25, -0.2) is 0 Å². The molecular weight excluding hydrogens is 206 g/mol. The number of carbonyl (C=O) groups is 1. The molecule has 4 nitrogen and oxygen atoms in total. The fourth-order valence-corrected chi connectivity index (χ4v) is 2.21. The maximum atomic E-state index is 12.1. The highest BCUT2D eigenvalue weighted by Crippen LogP contribution is 2.59. The maximum absolute atomic E-state index is 12.1. The molecule has 0 radical (unpaired) electrons. The van der Waals surface area contributed by atoms with E-state index in [0.29, 0.717) is 12.0 Å². The van der Waals surface area contributed by atoms with Crippen molar-refractivity contribution in [1.29, 1.82) is 0 Å². The van der Waals surface area contributed by atoms with Gasteiger partial charge in [0.15, 0.2) is 0 Å². The van der Waals surface area contributed by atoms with E-state index in [2.05, 4.69) is 0 Å². The van der Waals surface area contributed by atoms with E-state index in [1.54, 1.807) is 44.2 Å². The Bertz CT molecular complexity index is 453. The largest absolute Gasteiger partial charge is 0.289 e. The predicted molar refractivity (Wildman–Crippen MR) is 58.9 cm³/mol. The summed E-state index contributed by atoms with van der Waals surface area (Å²) in [6.45, 7) is 3.52. The van der Waals surface area contributed by atoms with Gasteiger partial charge < -0.3 is 0 Å². The number of rotatable bonds is 3. The van der Waals surface area contributed by atoms with Crippen LogP contribution in [0.5, 0.6) is 0 Å². The summed E-state index contributed by atoms with van der Waals surface area (Å²) in [6, 6.07) is 8.48. The predicted octanol–water partition coefficient (Wildman–Crippen LogP) is 2.31. The Kier molecular flexibility index (Phi) is 2.12. The zero-order valence-corrected chi connectivity index (χ0v) is 9.27. The van der Waals surface area contributed by atoms with Crippen molar-refractivity contribution >= 4 is 5.78 Å². The average Bonchev–Trinajstić information content (AvgIpc) is 2.84. The summed E-state index contributed by atoms with van der Waals surface area (Å²) in [7, 11) is 0. The fourth-order valence-electron chi connectivity index (χ4n) is 2.21. The van der Waals surface area contributed by atoms with Crippen molar-refractivity contribution in [2.24, 2.45) is 5.41 Å². The standard InChI is InChI=1S/C12H13NO3/c1-11(2)8-12(11,13(15)16)10(14)9-6-4-3-5-7-9/h3-7H,8H2,1-2H3. The molecule has 0 spiro atoms. The summed E-state index contributed by atoms with van der Waals surface area (Å²) in [5.74, 6) is -0.372. The van der Waals surface area contributed by atoms with E-state index in [9.17, 15) is 14.9 Å². The van der Waals surface area contributed by atoms with Gasteiger partial charge >= 0.3 is 0 Å². The first kappa shape index (κ1) is 10.8. The van der Waals surface area contributed by atoms with Crippen LogP contribution in [0.4, 0.5) is 0 Å². The molecule has 0 bridgehead atoms. The Hall–Kier alpha value is -1.71.